The van der Waals surface area contributed by atoms with Gasteiger partial charge in [-0.05, 0) is 24.5 Å². The van der Waals surface area contributed by atoms with Crippen LogP contribution in [-0.4, -0.2) is 30.8 Å². The van der Waals surface area contributed by atoms with Gasteiger partial charge in [0.2, 0.25) is 10.0 Å². The van der Waals surface area contributed by atoms with Crippen molar-refractivity contribution in [1.82, 2.24) is 4.31 Å². The van der Waals surface area contributed by atoms with Gasteiger partial charge in [-0.2, -0.15) is 4.31 Å². The molecule has 1 aromatic rings. The number of nitrogens with zero attached hydrogens (tertiary/aromatic N) is 1. The fourth-order valence-corrected chi connectivity index (χ4v) is 4.31. The van der Waals surface area contributed by atoms with Gasteiger partial charge in [0.15, 0.2) is 0 Å². The molecule has 0 bridgehead atoms. The average molecular weight is 319 g/mol. The summed E-state index contributed by atoms with van der Waals surface area (Å²) in [4.78, 5) is 0.233. The minimum Gasteiger partial charge on any atom is -0.389 e. The number of sulfonamides is 1. The molecule has 1 aliphatic heterocycles. The van der Waals surface area contributed by atoms with Gasteiger partial charge in [0, 0.05) is 18.7 Å². The Morgan fingerprint density at radius 2 is 2.21 bits per heavy atom. The van der Waals surface area contributed by atoms with Crippen molar-refractivity contribution in [2.24, 2.45) is 11.7 Å². The quantitative estimate of drug-likeness (QED) is 0.866. The molecule has 1 aromatic carbocycles. The molecule has 104 valence electrons. The topological polar surface area (TPSA) is 63.4 Å². The van der Waals surface area contributed by atoms with Gasteiger partial charge in [0.25, 0.3) is 0 Å². The van der Waals surface area contributed by atoms with Crippen LogP contribution in [0.1, 0.15) is 18.9 Å². The molecule has 2 N–H and O–H groups in total. The Morgan fingerprint density at radius 1 is 1.53 bits per heavy atom. The van der Waals surface area contributed by atoms with E-state index in [0.717, 1.165) is 6.42 Å². The SMILES string of the molecule is CC1CCN(S(=O)(=O)c2cc(C(N)=S)ccc2Cl)C1. The zero-order chi connectivity index (χ0) is 14.2. The molecule has 0 aromatic heterocycles. The second-order valence-corrected chi connectivity index (χ2v) is 7.52. The third-order valence-electron chi connectivity index (χ3n) is 3.22. The summed E-state index contributed by atoms with van der Waals surface area (Å²) in [5.41, 5.74) is 6.04. The molecule has 7 heteroatoms. The molecule has 1 atom stereocenters. The molecule has 4 nitrogen and oxygen atoms in total. The molecular weight excluding hydrogens is 304 g/mol. The minimum absolute atomic E-state index is 0.0774. The number of benzene rings is 1. The first kappa shape index (κ1) is 14.7. The van der Waals surface area contributed by atoms with Crippen LogP contribution in [0.15, 0.2) is 23.1 Å². The Hall–Kier alpha value is -0.690. The second-order valence-electron chi connectivity index (χ2n) is 4.77. The van der Waals surface area contributed by atoms with Crippen molar-refractivity contribution in [3.8, 4) is 0 Å². The molecule has 1 unspecified atom stereocenters. The molecule has 0 radical (unpaired) electrons. The zero-order valence-electron chi connectivity index (χ0n) is 10.5. The van der Waals surface area contributed by atoms with Gasteiger partial charge in [-0.25, -0.2) is 8.42 Å². The van der Waals surface area contributed by atoms with Gasteiger partial charge in [-0.1, -0.05) is 36.8 Å². The number of halogens is 1. The monoisotopic (exact) mass is 318 g/mol. The van der Waals surface area contributed by atoms with Crippen LogP contribution in [0.5, 0.6) is 0 Å². The van der Waals surface area contributed by atoms with Crippen LogP contribution in [-0.2, 0) is 10.0 Å². The van der Waals surface area contributed by atoms with Crippen LogP contribution >= 0.6 is 23.8 Å². The third-order valence-corrected chi connectivity index (χ3v) is 5.80. The molecule has 1 saturated heterocycles. The fourth-order valence-electron chi connectivity index (χ4n) is 2.11. The number of rotatable bonds is 3. The average Bonchev–Trinajstić information content (AvgIpc) is 2.76. The summed E-state index contributed by atoms with van der Waals surface area (Å²) in [5, 5.41) is 0.194. The molecule has 1 aliphatic rings. The summed E-state index contributed by atoms with van der Waals surface area (Å²) in [6.45, 7) is 3.08. The largest absolute Gasteiger partial charge is 0.389 e. The third kappa shape index (κ3) is 2.91. The predicted octanol–water partition coefficient (Wildman–Crippen LogP) is 2.00. The maximum atomic E-state index is 12.5. The molecule has 0 aliphatic carbocycles. The van der Waals surface area contributed by atoms with E-state index in [4.69, 9.17) is 29.6 Å². The first-order valence-electron chi connectivity index (χ1n) is 5.92. The number of nitrogens with two attached hydrogens (primary N) is 1. The van der Waals surface area contributed by atoms with Crippen LogP contribution in [0.4, 0.5) is 0 Å². The van der Waals surface area contributed by atoms with Gasteiger partial charge in [0.1, 0.15) is 9.88 Å². The predicted molar refractivity (Wildman–Crippen MR) is 79.9 cm³/mol. The van der Waals surface area contributed by atoms with Crippen molar-refractivity contribution >= 4 is 38.8 Å². The highest BCUT2D eigenvalue weighted by Gasteiger charge is 2.32. The highest BCUT2D eigenvalue weighted by atomic mass is 35.5. The Kier molecular flexibility index (Phi) is 4.15. The molecule has 0 saturated carbocycles. The van der Waals surface area contributed by atoms with Gasteiger partial charge in [-0.3, -0.25) is 0 Å². The highest BCUT2D eigenvalue weighted by molar-refractivity contribution is 7.89. The summed E-state index contributed by atoms with van der Waals surface area (Å²) < 4.78 is 26.5. The lowest BCUT2D eigenvalue weighted by atomic mass is 10.2. The molecular formula is C12H15ClN2O2S2. The van der Waals surface area contributed by atoms with Crippen molar-refractivity contribution in [1.29, 1.82) is 0 Å². The van der Waals surface area contributed by atoms with E-state index >= 15 is 0 Å². The van der Waals surface area contributed by atoms with E-state index in [2.05, 4.69) is 0 Å². The maximum Gasteiger partial charge on any atom is 0.244 e. The molecule has 0 amide bonds. The number of hydrogen-bond donors (Lipinski definition) is 1. The van der Waals surface area contributed by atoms with Crippen LogP contribution < -0.4 is 5.73 Å². The van der Waals surface area contributed by atoms with Crippen molar-refractivity contribution in [2.75, 3.05) is 13.1 Å². The zero-order valence-corrected chi connectivity index (χ0v) is 12.9. The van der Waals surface area contributed by atoms with Gasteiger partial charge in [-0.15, -0.1) is 0 Å². The Labute approximate surface area is 123 Å². The lowest BCUT2D eigenvalue weighted by molar-refractivity contribution is 0.464. The van der Waals surface area contributed by atoms with Crippen molar-refractivity contribution in [3.05, 3.63) is 28.8 Å². The molecule has 1 fully saturated rings. The van der Waals surface area contributed by atoms with E-state index in [1.165, 1.54) is 16.4 Å². The molecule has 19 heavy (non-hydrogen) atoms. The Morgan fingerprint density at radius 3 is 2.74 bits per heavy atom. The fraction of sp³-hybridized carbons (Fsp3) is 0.417. The van der Waals surface area contributed by atoms with Crippen LogP contribution in [0.3, 0.4) is 0 Å². The van der Waals surface area contributed by atoms with E-state index in [1.54, 1.807) is 6.07 Å². The number of thiocarbonyl (C=S) groups is 1. The standard InChI is InChI=1S/C12H15ClN2O2S2/c1-8-4-5-15(7-8)19(16,17)11-6-9(12(14)18)2-3-10(11)13/h2-3,6,8H,4-5,7H2,1H3,(H2,14,18). The van der Waals surface area contributed by atoms with E-state index in [0.29, 0.717) is 24.6 Å². The summed E-state index contributed by atoms with van der Waals surface area (Å²) in [7, 11) is -3.57. The van der Waals surface area contributed by atoms with E-state index < -0.39 is 10.0 Å². The number of hydrogen-bond acceptors (Lipinski definition) is 3. The first-order chi connectivity index (χ1) is 8.82. The smallest absolute Gasteiger partial charge is 0.244 e. The molecule has 1 heterocycles. The lowest BCUT2D eigenvalue weighted by Crippen LogP contribution is -2.29. The summed E-state index contributed by atoms with van der Waals surface area (Å²) in [5.74, 6) is 0.368. The lowest BCUT2D eigenvalue weighted by Gasteiger charge is -2.17. The van der Waals surface area contributed by atoms with Crippen LogP contribution in [0.25, 0.3) is 0 Å². The Balaban J connectivity index is 2.45. The normalized spacial score (nSPS) is 20.6. The molecule has 0 spiro atoms. The van der Waals surface area contributed by atoms with Gasteiger partial charge >= 0.3 is 0 Å². The highest BCUT2D eigenvalue weighted by Crippen LogP contribution is 2.29. The van der Waals surface area contributed by atoms with Gasteiger partial charge in [0.05, 0.1) is 5.02 Å². The van der Waals surface area contributed by atoms with Crippen molar-refractivity contribution < 1.29 is 8.42 Å². The first-order valence-corrected chi connectivity index (χ1v) is 8.14. The summed E-state index contributed by atoms with van der Waals surface area (Å²) >= 11 is 10.9. The minimum atomic E-state index is -3.57. The van der Waals surface area contributed by atoms with Crippen LogP contribution in [0.2, 0.25) is 5.02 Å². The van der Waals surface area contributed by atoms with E-state index in [9.17, 15) is 8.42 Å². The molecule has 2 rings (SSSR count). The van der Waals surface area contributed by atoms with E-state index in [-0.39, 0.29) is 14.9 Å². The summed E-state index contributed by atoms with van der Waals surface area (Å²) in [6, 6.07) is 4.59. The van der Waals surface area contributed by atoms with Crippen molar-refractivity contribution in [2.45, 2.75) is 18.2 Å². The maximum absolute atomic E-state index is 12.5. The second kappa shape index (κ2) is 5.36. The van der Waals surface area contributed by atoms with Crippen molar-refractivity contribution in [3.63, 3.8) is 0 Å². The van der Waals surface area contributed by atoms with Crippen LogP contribution in [0, 0.1) is 5.92 Å². The Bertz CT molecular complexity index is 616. The summed E-state index contributed by atoms with van der Waals surface area (Å²) in [6.07, 6.45) is 0.867. The van der Waals surface area contributed by atoms with Gasteiger partial charge < -0.3 is 5.73 Å². The van der Waals surface area contributed by atoms with E-state index in [1.807, 2.05) is 6.92 Å².